The Hall–Kier alpha value is -5.50. The molecule has 84 heavy (non-hydrogen) atoms. The number of hydrogen-bond acceptors (Lipinski definition) is 14. The first kappa shape index (κ1) is 67.6. The molecule has 20 nitrogen and oxygen atoms in total. The summed E-state index contributed by atoms with van der Waals surface area (Å²) in [6.45, 7) is 34.5. The third-order valence-electron chi connectivity index (χ3n) is 13.2. The summed E-state index contributed by atoms with van der Waals surface area (Å²) in [4.78, 5) is 67.6. The van der Waals surface area contributed by atoms with Crippen LogP contribution in [0, 0.1) is 10.8 Å². The lowest BCUT2D eigenvalue weighted by molar-refractivity contribution is -0.127. The second-order valence-electron chi connectivity index (χ2n) is 26.9. The van der Waals surface area contributed by atoms with Gasteiger partial charge in [-0.1, -0.05) is 90.1 Å². The van der Waals surface area contributed by atoms with E-state index >= 15 is 17.9 Å². The van der Waals surface area contributed by atoms with Crippen LogP contribution in [0.1, 0.15) is 175 Å². The Bertz CT molecular complexity index is 2830. The summed E-state index contributed by atoms with van der Waals surface area (Å²) in [6.07, 6.45) is -4.19. The van der Waals surface area contributed by atoms with Crippen molar-refractivity contribution in [3.63, 3.8) is 0 Å². The van der Waals surface area contributed by atoms with Crippen molar-refractivity contribution in [2.75, 3.05) is 13.1 Å². The van der Waals surface area contributed by atoms with Gasteiger partial charge in [0.05, 0.1) is 61.0 Å². The number of carbonyl (C=O) groups excluding carboxylic acids is 4. The summed E-state index contributed by atoms with van der Waals surface area (Å²) in [5, 5.41) is 6.07. The van der Waals surface area contributed by atoms with Gasteiger partial charge in [0.1, 0.15) is 47.3 Å². The van der Waals surface area contributed by atoms with Gasteiger partial charge in [-0.25, -0.2) is 46.1 Å². The predicted octanol–water partition coefficient (Wildman–Crippen LogP) is 13.8. The van der Waals surface area contributed by atoms with Crippen LogP contribution in [0.15, 0.2) is 60.9 Å². The van der Waals surface area contributed by atoms with Crippen LogP contribution in [-0.2, 0) is 46.3 Å². The number of nitrogens with zero attached hydrogens (tertiary/aromatic N) is 6. The van der Waals surface area contributed by atoms with Gasteiger partial charge in [-0.05, 0) is 119 Å². The highest BCUT2D eigenvalue weighted by molar-refractivity contribution is 7.52. The monoisotopic (exact) mass is 1210 g/mol. The number of amides is 4. The van der Waals surface area contributed by atoms with Crippen LogP contribution >= 0.6 is 15.5 Å². The molecule has 24 heteroatoms. The molecule has 4 heterocycles. The number of rotatable bonds is 19. The molecule has 4 amide bonds. The average molecular weight is 1220 g/mol. The predicted molar refractivity (Wildman–Crippen MR) is 318 cm³/mol. The molecule has 0 radical (unpaired) electrons. The van der Waals surface area contributed by atoms with Gasteiger partial charge >= 0.3 is 27.7 Å². The van der Waals surface area contributed by atoms with E-state index in [-0.39, 0.29) is 37.6 Å². The first-order chi connectivity index (χ1) is 38.6. The van der Waals surface area contributed by atoms with Gasteiger partial charge in [-0.3, -0.25) is 37.5 Å². The fourth-order valence-corrected chi connectivity index (χ4v) is 13.7. The van der Waals surface area contributed by atoms with Crippen molar-refractivity contribution in [3.8, 4) is 33.6 Å². The Morgan fingerprint density at radius 1 is 0.500 bits per heavy atom. The van der Waals surface area contributed by atoms with E-state index < -0.39 is 122 Å². The number of benzene rings is 2. The van der Waals surface area contributed by atoms with Gasteiger partial charge in [0.25, 0.3) is 0 Å². The van der Waals surface area contributed by atoms with Crippen molar-refractivity contribution in [1.82, 2.24) is 39.1 Å². The highest BCUT2D eigenvalue weighted by atomic mass is 31.2. The van der Waals surface area contributed by atoms with E-state index in [2.05, 4.69) is 10.6 Å². The molecule has 0 unspecified atom stereocenters. The van der Waals surface area contributed by atoms with Gasteiger partial charge in [0.2, 0.25) is 11.8 Å². The maximum atomic E-state index is 15.1. The normalized spacial score (nSPS) is 19.2. The maximum absolute atomic E-state index is 15.1. The Morgan fingerprint density at radius 3 is 1.02 bits per heavy atom. The molecule has 0 aliphatic carbocycles. The van der Waals surface area contributed by atoms with Crippen molar-refractivity contribution >= 4 is 39.5 Å². The van der Waals surface area contributed by atoms with Gasteiger partial charge in [-0.2, -0.15) is 0 Å². The molecule has 2 aromatic carbocycles. The zero-order chi connectivity index (χ0) is 63.0. The van der Waals surface area contributed by atoms with E-state index in [0.717, 1.165) is 20.9 Å². The summed E-state index contributed by atoms with van der Waals surface area (Å²) in [7, 11) is -8.50. The van der Waals surface area contributed by atoms with E-state index in [9.17, 15) is 19.2 Å². The number of likely N-dealkylation sites (tertiary alicyclic amines) is 2. The molecule has 2 fully saturated rings. The summed E-state index contributed by atoms with van der Waals surface area (Å²) in [5.74, 6) is -0.994. The zero-order valence-electron chi connectivity index (χ0n) is 52.6. The lowest BCUT2D eigenvalue weighted by atomic mass is 9.86. The number of alkyl halides is 2. The number of carbonyl (C=O) groups is 4. The lowest BCUT2D eigenvalue weighted by Crippen LogP contribution is -2.50. The Kier molecular flexibility index (Phi) is 20.8. The van der Waals surface area contributed by atoms with Gasteiger partial charge in [0, 0.05) is 36.4 Å². The Labute approximate surface area is 495 Å². The third kappa shape index (κ3) is 16.9. The molecule has 6 rings (SSSR count). The molecule has 2 aromatic heterocycles. The molecule has 2 aliphatic heterocycles. The molecule has 0 saturated carbocycles. The number of imidazole rings is 2. The first-order valence-electron chi connectivity index (χ1n) is 28.8. The summed E-state index contributed by atoms with van der Waals surface area (Å²) < 4.78 is 98.7. The van der Waals surface area contributed by atoms with Crippen molar-refractivity contribution in [1.29, 1.82) is 0 Å². The van der Waals surface area contributed by atoms with Crippen LogP contribution < -0.4 is 10.6 Å². The quantitative estimate of drug-likeness (QED) is 0.0834. The van der Waals surface area contributed by atoms with Gasteiger partial charge in [-0.15, -0.1) is 0 Å². The minimum absolute atomic E-state index is 0.145. The number of halogens is 2. The maximum Gasteiger partial charge on any atom is 0.440 e. The minimum atomic E-state index is -4.25. The number of nitrogens with one attached hydrogen (secondary N) is 2. The molecular formula is C60H90F2N8O12P2. The van der Waals surface area contributed by atoms with E-state index in [1.54, 1.807) is 109 Å². The molecule has 2 saturated heterocycles. The minimum Gasteiger partial charge on any atom is -0.444 e. The fraction of sp³-hybridized carbons (Fsp3) is 0.633. The van der Waals surface area contributed by atoms with E-state index in [4.69, 9.17) is 37.5 Å². The third-order valence-corrected chi connectivity index (χ3v) is 17.7. The number of aromatic nitrogens is 4. The molecule has 2 aliphatic rings. The molecule has 466 valence electrons. The standard InChI is InChI=1S/C60H90F2N8O12P2/c1-35(2)79-83(75,80-36(3)4)69-33-45(63-51(69)49(57(9,10)11)65-53(71)47-29-43(61)31-67(47)55(73)77-59(15,16)17)41-25-21-39(22-26-41)40-23-27-42(28-24-40)46-34-70(84(76,81-37(5)6)82-38(7)8)52(64-46)50(58(12,13)14)66-54(72)48-30-44(62)32-68(48)56(74)78-60(18,19)20/h21-28,33-38,43-44,47-50H,29-32H2,1-20H3,(H,65,71)(H,66,72)/t43-,44-,47+,48+,49-,50-/m1/s1. The molecule has 2 N–H and O–H groups in total. The van der Waals surface area contributed by atoms with Gasteiger partial charge in [0.15, 0.2) is 0 Å². The second kappa shape index (κ2) is 25.8. The molecule has 4 aromatic rings. The number of hydrogen-bond donors (Lipinski definition) is 2. The summed E-state index contributed by atoms with van der Waals surface area (Å²) in [6, 6.07) is 10.6. The van der Waals surface area contributed by atoms with Crippen LogP contribution in [-0.4, -0.2) is 126 Å². The smallest absolute Gasteiger partial charge is 0.440 e. The highest BCUT2D eigenvalue weighted by Crippen LogP contribution is 2.56. The van der Waals surface area contributed by atoms with Crippen LogP contribution in [0.4, 0.5) is 18.4 Å². The Balaban J connectivity index is 1.38. The zero-order valence-corrected chi connectivity index (χ0v) is 54.4. The molecule has 0 spiro atoms. The SMILES string of the molecule is CC(C)OP(=O)(OC(C)C)n1cc(-c2ccc(-c3ccc(-c4cn(P(=O)(OC(C)C)OC(C)C)c([C@@H](NC(=O)[C@@H]5C[C@@H](F)CN5C(=O)OC(C)(C)C)C(C)(C)C)n4)cc3)cc2)nc1[C@@H](NC(=O)[C@@H]1C[C@@H](F)CN1C(=O)OC(C)(C)C)C(C)(C)C. The highest BCUT2D eigenvalue weighted by Gasteiger charge is 2.48. The lowest BCUT2D eigenvalue weighted by Gasteiger charge is -2.35. The molecule has 0 bridgehead atoms. The molecule has 6 atom stereocenters. The summed E-state index contributed by atoms with van der Waals surface area (Å²) >= 11 is 0. The molecular weight excluding hydrogens is 1120 g/mol. The van der Waals surface area contributed by atoms with Crippen LogP contribution in [0.5, 0.6) is 0 Å². The van der Waals surface area contributed by atoms with Crippen LogP contribution in [0.25, 0.3) is 33.6 Å². The topological polar surface area (TPSA) is 224 Å². The summed E-state index contributed by atoms with van der Waals surface area (Å²) in [5.41, 5.74) is 0.201. The fourth-order valence-electron chi connectivity index (χ4n) is 9.75. The Morgan fingerprint density at radius 2 is 0.774 bits per heavy atom. The average Bonchev–Trinajstić information content (AvgIpc) is 2.08. The van der Waals surface area contributed by atoms with E-state index in [0.29, 0.717) is 22.5 Å². The van der Waals surface area contributed by atoms with Crippen molar-refractivity contribution < 1.29 is 64.7 Å². The van der Waals surface area contributed by atoms with Crippen LogP contribution in [0.2, 0.25) is 0 Å². The van der Waals surface area contributed by atoms with Gasteiger partial charge < -0.3 is 20.1 Å². The first-order valence-corrected chi connectivity index (χ1v) is 31.8. The largest absolute Gasteiger partial charge is 0.444 e. The van der Waals surface area contributed by atoms with Crippen molar-refractivity contribution in [2.45, 2.75) is 223 Å². The van der Waals surface area contributed by atoms with Crippen molar-refractivity contribution in [3.05, 3.63) is 72.6 Å². The second-order valence-corrected chi connectivity index (χ2v) is 30.5. The number of ether oxygens (including phenoxy) is 2. The van der Waals surface area contributed by atoms with E-state index in [1.807, 2.05) is 90.1 Å². The van der Waals surface area contributed by atoms with Crippen molar-refractivity contribution in [2.24, 2.45) is 10.8 Å². The van der Waals surface area contributed by atoms with Crippen LogP contribution in [0.3, 0.4) is 0 Å². The van der Waals surface area contributed by atoms with E-state index in [1.165, 1.54) is 8.68 Å².